The summed E-state index contributed by atoms with van der Waals surface area (Å²) in [5.41, 5.74) is 9.64. The van der Waals surface area contributed by atoms with Crippen molar-refractivity contribution in [1.29, 1.82) is 0 Å². The molecule has 0 radical (unpaired) electrons. The molecule has 1 aliphatic heterocycles. The second kappa shape index (κ2) is 8.04. The summed E-state index contributed by atoms with van der Waals surface area (Å²) in [6.45, 7) is 6.69. The molecule has 1 atom stereocenters. The first-order valence-electron chi connectivity index (χ1n) is 11.3. The van der Waals surface area contributed by atoms with Gasteiger partial charge in [-0.15, -0.1) is 0 Å². The molecule has 0 aromatic heterocycles. The fraction of sp³-hybridized carbons (Fsp3) is 0.241. The van der Waals surface area contributed by atoms with Gasteiger partial charge in [-0.25, -0.2) is 4.79 Å². The van der Waals surface area contributed by atoms with E-state index in [2.05, 4.69) is 74.5 Å². The predicted octanol–water partition coefficient (Wildman–Crippen LogP) is 6.67. The van der Waals surface area contributed by atoms with Crippen molar-refractivity contribution in [2.75, 3.05) is 0 Å². The van der Waals surface area contributed by atoms with Gasteiger partial charge < -0.3 is 9.94 Å². The molecule has 1 aliphatic carbocycles. The van der Waals surface area contributed by atoms with Crippen LogP contribution in [-0.2, 0) is 10.3 Å². The molecular formula is C29H27NO3. The minimum absolute atomic E-state index is 0.0334. The fourth-order valence-electron chi connectivity index (χ4n) is 4.67. The van der Waals surface area contributed by atoms with Gasteiger partial charge in [0, 0.05) is 6.42 Å². The minimum atomic E-state index is -0.929. The Hall–Kier alpha value is -3.66. The molecule has 3 aromatic carbocycles. The van der Waals surface area contributed by atoms with Gasteiger partial charge in [-0.05, 0) is 70.3 Å². The molecule has 0 bridgehead atoms. The Bertz CT molecular complexity index is 1280. The number of aromatic carboxylic acids is 1. The number of aryl methyl sites for hydroxylation is 1. The van der Waals surface area contributed by atoms with Crippen molar-refractivity contribution in [1.82, 2.24) is 0 Å². The van der Waals surface area contributed by atoms with Crippen LogP contribution in [0.5, 0.6) is 0 Å². The Kier molecular flexibility index (Phi) is 5.16. The maximum atomic E-state index is 11.1. The van der Waals surface area contributed by atoms with E-state index in [0.29, 0.717) is 6.42 Å². The van der Waals surface area contributed by atoms with Crippen molar-refractivity contribution >= 4 is 17.3 Å². The lowest BCUT2D eigenvalue weighted by Crippen LogP contribution is -2.22. The molecule has 33 heavy (non-hydrogen) atoms. The van der Waals surface area contributed by atoms with Crippen LogP contribution in [0.15, 0.2) is 78.0 Å². The first kappa shape index (κ1) is 21.2. The van der Waals surface area contributed by atoms with Gasteiger partial charge in [0.2, 0.25) is 0 Å². The van der Waals surface area contributed by atoms with Gasteiger partial charge >= 0.3 is 5.97 Å². The zero-order valence-corrected chi connectivity index (χ0v) is 19.1. The van der Waals surface area contributed by atoms with Crippen LogP contribution in [0.25, 0.3) is 5.57 Å². The van der Waals surface area contributed by atoms with Gasteiger partial charge in [-0.3, -0.25) is 0 Å². The maximum absolute atomic E-state index is 11.1. The Balaban J connectivity index is 1.42. The van der Waals surface area contributed by atoms with Gasteiger partial charge in [0.1, 0.15) is 0 Å². The summed E-state index contributed by atoms with van der Waals surface area (Å²) in [6.07, 6.45) is 3.80. The predicted molar refractivity (Wildman–Crippen MR) is 131 cm³/mol. The fourth-order valence-corrected chi connectivity index (χ4v) is 4.67. The zero-order chi connectivity index (χ0) is 23.2. The molecule has 0 amide bonds. The summed E-state index contributed by atoms with van der Waals surface area (Å²) in [5, 5.41) is 13.5. The second-order valence-electron chi connectivity index (χ2n) is 9.60. The van der Waals surface area contributed by atoms with E-state index >= 15 is 0 Å². The molecule has 0 spiro atoms. The highest BCUT2D eigenvalue weighted by Crippen LogP contribution is 2.42. The molecule has 5 rings (SSSR count). The average molecular weight is 438 g/mol. The number of nitrogens with zero attached hydrogens (tertiary/aromatic N) is 1. The molecule has 4 heteroatoms. The summed E-state index contributed by atoms with van der Waals surface area (Å²) < 4.78 is 0. The lowest BCUT2D eigenvalue weighted by molar-refractivity contribution is 0.0695. The van der Waals surface area contributed by atoms with Crippen LogP contribution < -0.4 is 0 Å². The highest BCUT2D eigenvalue weighted by molar-refractivity contribution is 6.02. The van der Waals surface area contributed by atoms with E-state index in [1.807, 2.05) is 0 Å². The third-order valence-corrected chi connectivity index (χ3v) is 6.75. The summed E-state index contributed by atoms with van der Waals surface area (Å²) in [5.74, 6) is -0.929. The lowest BCUT2D eigenvalue weighted by atomic mass is 9.71. The van der Waals surface area contributed by atoms with Crippen LogP contribution >= 0.6 is 0 Å². The minimum Gasteiger partial charge on any atom is -0.478 e. The molecule has 0 saturated carbocycles. The van der Waals surface area contributed by atoms with E-state index in [1.54, 1.807) is 24.3 Å². The molecular weight excluding hydrogens is 410 g/mol. The Morgan fingerprint density at radius 1 is 1.00 bits per heavy atom. The molecule has 0 saturated heterocycles. The Morgan fingerprint density at radius 3 is 2.39 bits per heavy atom. The van der Waals surface area contributed by atoms with Gasteiger partial charge in [-0.2, -0.15) is 0 Å². The van der Waals surface area contributed by atoms with Crippen molar-refractivity contribution in [3.05, 3.63) is 112 Å². The van der Waals surface area contributed by atoms with Gasteiger partial charge in [0.15, 0.2) is 6.10 Å². The normalized spacial score (nSPS) is 18.7. The molecule has 4 nitrogen and oxygen atoms in total. The molecule has 1 unspecified atom stereocenters. The summed E-state index contributed by atoms with van der Waals surface area (Å²) in [7, 11) is 0. The topological polar surface area (TPSA) is 58.9 Å². The van der Waals surface area contributed by atoms with Crippen molar-refractivity contribution in [2.24, 2.45) is 5.16 Å². The standard InChI is InChI=1S/C29H27NO3/c1-18-4-6-19(7-5-18)23-14-15-29(2,3)25-16-22(12-13-24(23)25)26-17-27(33-30-26)20-8-10-21(11-9-20)28(31)32/h4-14,16,27H,15,17H2,1-3H3,(H,31,32). The van der Waals surface area contributed by atoms with Crippen LogP contribution in [0.4, 0.5) is 0 Å². The number of rotatable bonds is 4. The summed E-state index contributed by atoms with van der Waals surface area (Å²) in [4.78, 5) is 16.8. The third-order valence-electron chi connectivity index (χ3n) is 6.75. The molecule has 166 valence electrons. The lowest BCUT2D eigenvalue weighted by Gasteiger charge is -2.33. The first-order valence-corrected chi connectivity index (χ1v) is 11.3. The molecule has 1 heterocycles. The van der Waals surface area contributed by atoms with E-state index in [-0.39, 0.29) is 17.1 Å². The first-order chi connectivity index (χ1) is 15.8. The van der Waals surface area contributed by atoms with Crippen LogP contribution in [0.3, 0.4) is 0 Å². The van der Waals surface area contributed by atoms with Crippen molar-refractivity contribution in [3.8, 4) is 0 Å². The molecule has 1 N–H and O–H groups in total. The highest BCUT2D eigenvalue weighted by atomic mass is 16.6. The number of hydrogen-bond donors (Lipinski definition) is 1. The van der Waals surface area contributed by atoms with Gasteiger partial charge in [0.25, 0.3) is 0 Å². The maximum Gasteiger partial charge on any atom is 0.335 e. The number of benzene rings is 3. The zero-order valence-electron chi connectivity index (χ0n) is 19.1. The smallest absolute Gasteiger partial charge is 0.335 e. The number of carboxylic acids is 1. The van der Waals surface area contributed by atoms with Crippen molar-refractivity contribution < 1.29 is 14.7 Å². The van der Waals surface area contributed by atoms with Crippen LogP contribution in [0.1, 0.15) is 76.5 Å². The van der Waals surface area contributed by atoms with E-state index in [1.165, 1.54) is 27.8 Å². The Labute approximate surface area is 194 Å². The van der Waals surface area contributed by atoms with Crippen LogP contribution in [-0.4, -0.2) is 16.8 Å². The summed E-state index contributed by atoms with van der Waals surface area (Å²) in [6, 6.07) is 22.2. The summed E-state index contributed by atoms with van der Waals surface area (Å²) >= 11 is 0. The molecule has 0 fully saturated rings. The SMILES string of the molecule is Cc1ccc(C2=CCC(C)(C)c3cc(C4=NOC(c5ccc(C(=O)O)cc5)C4)ccc32)cc1. The molecule has 3 aromatic rings. The number of carboxylic acid groups (broad SMARTS) is 1. The Morgan fingerprint density at radius 2 is 1.70 bits per heavy atom. The number of hydrogen-bond acceptors (Lipinski definition) is 3. The molecule has 2 aliphatic rings. The quantitative estimate of drug-likeness (QED) is 0.496. The van der Waals surface area contributed by atoms with Gasteiger partial charge in [-0.1, -0.05) is 79.2 Å². The monoisotopic (exact) mass is 437 g/mol. The van der Waals surface area contributed by atoms with E-state index < -0.39 is 5.97 Å². The van der Waals surface area contributed by atoms with E-state index in [4.69, 9.17) is 9.94 Å². The van der Waals surface area contributed by atoms with Crippen LogP contribution in [0.2, 0.25) is 0 Å². The van der Waals surface area contributed by atoms with Crippen molar-refractivity contribution in [3.63, 3.8) is 0 Å². The van der Waals surface area contributed by atoms with E-state index in [0.717, 1.165) is 23.3 Å². The number of fused-ring (bicyclic) bond motifs is 1. The van der Waals surface area contributed by atoms with Crippen molar-refractivity contribution in [2.45, 2.75) is 45.1 Å². The van der Waals surface area contributed by atoms with Gasteiger partial charge in [0.05, 0.1) is 11.3 Å². The second-order valence-corrected chi connectivity index (χ2v) is 9.60. The number of allylic oxidation sites excluding steroid dienone is 1. The highest BCUT2D eigenvalue weighted by Gasteiger charge is 2.31. The van der Waals surface area contributed by atoms with E-state index in [9.17, 15) is 4.79 Å². The number of carbonyl (C=O) groups is 1. The third kappa shape index (κ3) is 3.97. The van der Waals surface area contributed by atoms with Crippen LogP contribution in [0, 0.1) is 6.92 Å². The average Bonchev–Trinajstić information content (AvgIpc) is 3.30. The number of oxime groups is 1. The largest absolute Gasteiger partial charge is 0.478 e.